The fourth-order valence-corrected chi connectivity index (χ4v) is 3.43. The molecule has 0 N–H and O–H groups in total. The molecule has 4 nitrogen and oxygen atoms in total. The third-order valence-electron chi connectivity index (χ3n) is 4.83. The van der Waals surface area contributed by atoms with Crippen molar-refractivity contribution in [3.8, 4) is 0 Å². The van der Waals surface area contributed by atoms with Gasteiger partial charge in [-0.2, -0.15) is 0 Å². The third kappa shape index (κ3) is 3.38. The molecule has 1 aliphatic heterocycles. The fourth-order valence-electron chi connectivity index (χ4n) is 3.26. The fraction of sp³-hybridized carbons (Fsp3) is 0.500. The number of halogens is 1. The monoisotopic (exact) mass is 331 g/mol. The highest BCUT2D eigenvalue weighted by Crippen LogP contribution is 2.40. The molecule has 0 radical (unpaired) electrons. The first-order valence-corrected chi connectivity index (χ1v) is 8.76. The number of aryl methyl sites for hydroxylation is 1. The summed E-state index contributed by atoms with van der Waals surface area (Å²) in [6.45, 7) is 7.16. The van der Waals surface area contributed by atoms with Crippen molar-refractivity contribution >= 4 is 17.3 Å². The van der Waals surface area contributed by atoms with Crippen molar-refractivity contribution in [3.63, 3.8) is 0 Å². The van der Waals surface area contributed by atoms with Crippen molar-refractivity contribution in [1.29, 1.82) is 0 Å². The van der Waals surface area contributed by atoms with Gasteiger partial charge in [0.15, 0.2) is 0 Å². The van der Waals surface area contributed by atoms with E-state index in [1.807, 2.05) is 6.07 Å². The second-order valence-corrected chi connectivity index (χ2v) is 7.13. The summed E-state index contributed by atoms with van der Waals surface area (Å²) in [6, 6.07) is 8.27. The van der Waals surface area contributed by atoms with E-state index >= 15 is 0 Å². The van der Waals surface area contributed by atoms with Gasteiger partial charge in [0.25, 0.3) is 0 Å². The molecule has 0 bridgehead atoms. The molecule has 1 aliphatic carbocycles. The van der Waals surface area contributed by atoms with Crippen LogP contribution in [0.2, 0.25) is 5.02 Å². The zero-order chi connectivity index (χ0) is 15.8. The molecule has 122 valence electrons. The third-order valence-corrected chi connectivity index (χ3v) is 5.06. The Kier molecular flexibility index (Phi) is 4.04. The molecule has 5 heteroatoms. The Labute approximate surface area is 142 Å². The van der Waals surface area contributed by atoms with Gasteiger partial charge in [-0.3, -0.25) is 4.90 Å². The Morgan fingerprint density at radius 2 is 1.96 bits per heavy atom. The topological polar surface area (TPSA) is 32.5 Å². The number of benzene rings is 1. The van der Waals surface area contributed by atoms with Gasteiger partial charge in [-0.1, -0.05) is 22.8 Å². The summed E-state index contributed by atoms with van der Waals surface area (Å²) in [7, 11) is 0. The van der Waals surface area contributed by atoms with Crippen molar-refractivity contribution in [3.05, 3.63) is 46.3 Å². The van der Waals surface area contributed by atoms with E-state index in [1.165, 1.54) is 24.1 Å². The Morgan fingerprint density at radius 1 is 1.17 bits per heavy atom. The van der Waals surface area contributed by atoms with Crippen LogP contribution in [-0.2, 0) is 6.54 Å². The van der Waals surface area contributed by atoms with E-state index in [9.17, 15) is 0 Å². The van der Waals surface area contributed by atoms with Crippen LogP contribution < -0.4 is 4.90 Å². The van der Waals surface area contributed by atoms with Crippen LogP contribution in [0.3, 0.4) is 0 Å². The van der Waals surface area contributed by atoms with Gasteiger partial charge in [0, 0.05) is 55.4 Å². The van der Waals surface area contributed by atoms with Crippen LogP contribution >= 0.6 is 11.6 Å². The average molecular weight is 332 g/mol. The zero-order valence-electron chi connectivity index (χ0n) is 13.5. The van der Waals surface area contributed by atoms with E-state index in [2.05, 4.69) is 40.1 Å². The second kappa shape index (κ2) is 6.17. The van der Waals surface area contributed by atoms with Gasteiger partial charge in [0.05, 0.1) is 5.69 Å². The molecule has 2 fully saturated rings. The van der Waals surface area contributed by atoms with Gasteiger partial charge in [0.1, 0.15) is 5.76 Å². The number of hydrogen-bond acceptors (Lipinski definition) is 4. The van der Waals surface area contributed by atoms with Crippen molar-refractivity contribution < 1.29 is 4.52 Å². The lowest BCUT2D eigenvalue weighted by molar-refractivity contribution is 0.241. The molecule has 1 saturated carbocycles. The number of aromatic nitrogens is 1. The first-order valence-electron chi connectivity index (χ1n) is 8.38. The predicted octanol–water partition coefficient (Wildman–Crippen LogP) is 3.84. The maximum absolute atomic E-state index is 6.15. The summed E-state index contributed by atoms with van der Waals surface area (Å²) in [5.41, 5.74) is 3.61. The molecule has 1 saturated heterocycles. The van der Waals surface area contributed by atoms with Crippen molar-refractivity contribution in [2.75, 3.05) is 31.1 Å². The Hall–Kier alpha value is -1.52. The van der Waals surface area contributed by atoms with Crippen LogP contribution in [0.4, 0.5) is 5.69 Å². The first-order chi connectivity index (χ1) is 11.2. The lowest BCUT2D eigenvalue weighted by atomic mass is 10.1. The molecule has 4 rings (SSSR count). The van der Waals surface area contributed by atoms with Gasteiger partial charge < -0.3 is 9.42 Å². The van der Waals surface area contributed by atoms with Crippen molar-refractivity contribution in [1.82, 2.24) is 10.1 Å². The summed E-state index contributed by atoms with van der Waals surface area (Å²) in [5.74, 6) is 1.71. The van der Waals surface area contributed by atoms with E-state index in [0.717, 1.165) is 49.2 Å². The molecule has 1 aromatic heterocycles. The lowest BCUT2D eigenvalue weighted by Crippen LogP contribution is -2.46. The van der Waals surface area contributed by atoms with Gasteiger partial charge in [-0.15, -0.1) is 0 Å². The minimum absolute atomic E-state index is 0.638. The van der Waals surface area contributed by atoms with Crippen LogP contribution in [0.25, 0.3) is 0 Å². The second-order valence-electron chi connectivity index (χ2n) is 6.69. The van der Waals surface area contributed by atoms with Gasteiger partial charge in [0.2, 0.25) is 0 Å². The van der Waals surface area contributed by atoms with Gasteiger partial charge in [-0.05, 0) is 37.5 Å². The quantitative estimate of drug-likeness (QED) is 0.852. The van der Waals surface area contributed by atoms with E-state index < -0.39 is 0 Å². The molecule has 2 aromatic rings. The molecule has 1 aromatic carbocycles. The van der Waals surface area contributed by atoms with E-state index in [1.54, 1.807) is 0 Å². The summed E-state index contributed by atoms with van der Waals surface area (Å²) in [4.78, 5) is 4.88. The molecular formula is C18H22ClN3O. The molecule has 0 amide bonds. The van der Waals surface area contributed by atoms with Crippen molar-refractivity contribution in [2.45, 2.75) is 32.2 Å². The SMILES string of the molecule is Cc1ccc(Cl)cc1N1CCN(Cc2cc(C3CC3)on2)CC1. The van der Waals surface area contributed by atoms with Crippen LogP contribution in [0.1, 0.15) is 35.8 Å². The first kappa shape index (κ1) is 15.0. The Balaban J connectivity index is 1.35. The molecule has 0 unspecified atom stereocenters. The zero-order valence-corrected chi connectivity index (χ0v) is 14.2. The predicted molar refractivity (Wildman–Crippen MR) is 92.2 cm³/mol. The van der Waals surface area contributed by atoms with Gasteiger partial charge >= 0.3 is 0 Å². The van der Waals surface area contributed by atoms with E-state index in [4.69, 9.17) is 16.1 Å². The number of anilines is 1. The number of hydrogen-bond donors (Lipinski definition) is 0. The van der Waals surface area contributed by atoms with E-state index in [-0.39, 0.29) is 0 Å². The van der Waals surface area contributed by atoms with Crippen LogP contribution in [-0.4, -0.2) is 36.2 Å². The number of piperazine rings is 1. The lowest BCUT2D eigenvalue weighted by Gasteiger charge is -2.36. The Bertz CT molecular complexity index is 687. The number of nitrogens with zero attached hydrogens (tertiary/aromatic N) is 3. The van der Waals surface area contributed by atoms with E-state index in [0.29, 0.717) is 5.92 Å². The minimum Gasteiger partial charge on any atom is -0.369 e. The summed E-state index contributed by atoms with van der Waals surface area (Å²) < 4.78 is 5.45. The highest BCUT2D eigenvalue weighted by atomic mass is 35.5. The molecule has 0 atom stereocenters. The number of rotatable bonds is 4. The van der Waals surface area contributed by atoms with Crippen LogP contribution in [0.5, 0.6) is 0 Å². The average Bonchev–Trinajstić information content (AvgIpc) is 3.31. The molecule has 23 heavy (non-hydrogen) atoms. The highest BCUT2D eigenvalue weighted by Gasteiger charge is 2.28. The maximum atomic E-state index is 6.15. The summed E-state index contributed by atoms with van der Waals surface area (Å²) >= 11 is 6.15. The molecular weight excluding hydrogens is 310 g/mol. The summed E-state index contributed by atoms with van der Waals surface area (Å²) in [6.07, 6.45) is 2.51. The molecule has 2 aliphatic rings. The van der Waals surface area contributed by atoms with Crippen molar-refractivity contribution in [2.24, 2.45) is 0 Å². The minimum atomic E-state index is 0.638. The summed E-state index contributed by atoms with van der Waals surface area (Å²) in [5, 5.41) is 5.04. The standard InChI is InChI=1S/C18H22ClN3O/c1-13-2-5-15(19)10-17(13)22-8-6-21(7-9-22)12-16-11-18(23-20-16)14-3-4-14/h2,5,10-11,14H,3-4,6-9,12H2,1H3. The maximum Gasteiger partial charge on any atom is 0.140 e. The molecule has 2 heterocycles. The highest BCUT2D eigenvalue weighted by molar-refractivity contribution is 6.30. The van der Waals surface area contributed by atoms with Crippen LogP contribution in [0, 0.1) is 6.92 Å². The van der Waals surface area contributed by atoms with Gasteiger partial charge in [-0.25, -0.2) is 0 Å². The smallest absolute Gasteiger partial charge is 0.140 e. The largest absolute Gasteiger partial charge is 0.369 e. The molecule has 0 spiro atoms. The van der Waals surface area contributed by atoms with Crippen LogP contribution in [0.15, 0.2) is 28.8 Å². The normalized spacial score (nSPS) is 19.3. The Morgan fingerprint density at radius 3 is 2.70 bits per heavy atom.